The van der Waals surface area contributed by atoms with E-state index in [1.165, 1.54) is 6.07 Å². The second kappa shape index (κ2) is 7.04. The van der Waals surface area contributed by atoms with Crippen LogP contribution in [0.1, 0.15) is 24.7 Å². The number of imidazole rings is 1. The summed E-state index contributed by atoms with van der Waals surface area (Å²) < 4.78 is 13.5. The molecule has 0 radical (unpaired) electrons. The molecule has 102 valence electrons. The van der Waals surface area contributed by atoms with Crippen molar-refractivity contribution in [2.45, 2.75) is 32.2 Å². The smallest absolute Gasteiger partial charge is 0.126 e. The summed E-state index contributed by atoms with van der Waals surface area (Å²) in [5, 5.41) is 3.41. The van der Waals surface area contributed by atoms with Crippen LogP contribution in [0.5, 0.6) is 0 Å². The molecular weight excluding hydrogens is 241 g/mol. The van der Waals surface area contributed by atoms with E-state index in [2.05, 4.69) is 22.2 Å². The number of rotatable bonds is 7. The molecule has 1 atom stereocenters. The number of aromatic amines is 1. The van der Waals surface area contributed by atoms with Crippen LogP contribution in [0.3, 0.4) is 0 Å². The van der Waals surface area contributed by atoms with Gasteiger partial charge in [0.1, 0.15) is 11.6 Å². The summed E-state index contributed by atoms with van der Waals surface area (Å²) in [5.74, 6) is 0.898. The van der Waals surface area contributed by atoms with Crippen molar-refractivity contribution in [3.05, 3.63) is 53.9 Å². The van der Waals surface area contributed by atoms with E-state index >= 15 is 0 Å². The number of halogens is 1. The van der Waals surface area contributed by atoms with Crippen LogP contribution >= 0.6 is 0 Å². The van der Waals surface area contributed by atoms with Crippen LogP contribution in [0.2, 0.25) is 0 Å². The molecule has 2 N–H and O–H groups in total. The van der Waals surface area contributed by atoms with Gasteiger partial charge in [0, 0.05) is 24.9 Å². The Labute approximate surface area is 113 Å². The van der Waals surface area contributed by atoms with Gasteiger partial charge in [-0.2, -0.15) is 0 Å². The van der Waals surface area contributed by atoms with Gasteiger partial charge >= 0.3 is 0 Å². The van der Waals surface area contributed by atoms with Crippen molar-refractivity contribution < 1.29 is 4.39 Å². The highest BCUT2D eigenvalue weighted by molar-refractivity contribution is 5.18. The van der Waals surface area contributed by atoms with Crippen LogP contribution in [0, 0.1) is 5.82 Å². The van der Waals surface area contributed by atoms with Crippen molar-refractivity contribution in [1.29, 1.82) is 0 Å². The molecule has 1 heterocycles. The van der Waals surface area contributed by atoms with E-state index in [-0.39, 0.29) is 11.9 Å². The lowest BCUT2D eigenvalue weighted by Gasteiger charge is -2.14. The lowest BCUT2D eigenvalue weighted by atomic mass is 10.1. The Balaban J connectivity index is 1.67. The highest BCUT2D eigenvalue weighted by Gasteiger charge is 2.06. The minimum atomic E-state index is -0.119. The van der Waals surface area contributed by atoms with Crippen LogP contribution in [-0.4, -0.2) is 22.6 Å². The maximum atomic E-state index is 13.5. The Morgan fingerprint density at radius 2 is 2.21 bits per heavy atom. The largest absolute Gasteiger partial charge is 0.349 e. The fraction of sp³-hybridized carbons (Fsp3) is 0.400. The summed E-state index contributed by atoms with van der Waals surface area (Å²) in [6.07, 6.45) is 6.28. The molecule has 2 rings (SSSR count). The number of H-pyrrole nitrogens is 1. The zero-order valence-corrected chi connectivity index (χ0v) is 11.2. The third kappa shape index (κ3) is 4.48. The van der Waals surface area contributed by atoms with E-state index in [4.69, 9.17) is 0 Å². The molecule has 0 amide bonds. The fourth-order valence-electron chi connectivity index (χ4n) is 2.10. The zero-order valence-electron chi connectivity index (χ0n) is 11.2. The van der Waals surface area contributed by atoms with E-state index < -0.39 is 0 Å². The first-order chi connectivity index (χ1) is 9.25. The van der Waals surface area contributed by atoms with Crippen molar-refractivity contribution in [1.82, 2.24) is 15.3 Å². The van der Waals surface area contributed by atoms with E-state index in [1.807, 2.05) is 18.3 Å². The number of aromatic nitrogens is 2. The highest BCUT2D eigenvalue weighted by atomic mass is 19.1. The predicted molar refractivity (Wildman–Crippen MR) is 74.5 cm³/mol. The Kier molecular flexibility index (Phi) is 5.10. The maximum absolute atomic E-state index is 13.5. The monoisotopic (exact) mass is 261 g/mol. The van der Waals surface area contributed by atoms with E-state index in [0.29, 0.717) is 6.42 Å². The molecule has 0 saturated heterocycles. The number of hydrogen-bond acceptors (Lipinski definition) is 2. The average Bonchev–Trinajstić information content (AvgIpc) is 2.91. The minimum Gasteiger partial charge on any atom is -0.349 e. The third-order valence-electron chi connectivity index (χ3n) is 3.12. The number of hydrogen-bond donors (Lipinski definition) is 2. The van der Waals surface area contributed by atoms with Gasteiger partial charge in [-0.1, -0.05) is 18.2 Å². The van der Waals surface area contributed by atoms with Crippen LogP contribution in [-0.2, 0) is 12.8 Å². The third-order valence-corrected chi connectivity index (χ3v) is 3.12. The van der Waals surface area contributed by atoms with Gasteiger partial charge in [-0.05, 0) is 37.9 Å². The van der Waals surface area contributed by atoms with Gasteiger partial charge in [-0.3, -0.25) is 0 Å². The number of nitrogens with one attached hydrogen (secondary N) is 2. The Morgan fingerprint density at radius 3 is 2.95 bits per heavy atom. The molecule has 0 spiro atoms. The van der Waals surface area contributed by atoms with Gasteiger partial charge < -0.3 is 10.3 Å². The summed E-state index contributed by atoms with van der Waals surface area (Å²) in [5.41, 5.74) is 0.772. The average molecular weight is 261 g/mol. The molecule has 0 saturated carbocycles. The minimum absolute atomic E-state index is 0.119. The first-order valence-corrected chi connectivity index (χ1v) is 6.71. The standard InChI is InChI=1S/C15H20FN3/c1-12(11-13-5-2-3-6-14(13)16)17-8-4-7-15-18-9-10-19-15/h2-3,5-6,9-10,12,17H,4,7-8,11H2,1H3,(H,18,19). The van der Waals surface area contributed by atoms with E-state index in [0.717, 1.165) is 30.8 Å². The van der Waals surface area contributed by atoms with Crippen LogP contribution in [0.4, 0.5) is 4.39 Å². The molecule has 4 heteroatoms. The van der Waals surface area contributed by atoms with Crippen molar-refractivity contribution in [2.24, 2.45) is 0 Å². The first-order valence-electron chi connectivity index (χ1n) is 6.71. The molecule has 1 aromatic carbocycles. The summed E-state index contributed by atoms with van der Waals surface area (Å²) in [6.45, 7) is 3.00. The Morgan fingerprint density at radius 1 is 1.37 bits per heavy atom. The van der Waals surface area contributed by atoms with Crippen molar-refractivity contribution in [2.75, 3.05) is 6.54 Å². The normalized spacial score (nSPS) is 12.5. The number of aryl methyl sites for hydroxylation is 1. The molecule has 3 nitrogen and oxygen atoms in total. The fourth-order valence-corrected chi connectivity index (χ4v) is 2.10. The van der Waals surface area contributed by atoms with Gasteiger partial charge in [0.05, 0.1) is 0 Å². The quantitative estimate of drug-likeness (QED) is 0.752. The lowest BCUT2D eigenvalue weighted by molar-refractivity contribution is 0.516. The second-order valence-electron chi connectivity index (χ2n) is 4.79. The molecular formula is C15H20FN3. The molecule has 0 aliphatic heterocycles. The van der Waals surface area contributed by atoms with Crippen molar-refractivity contribution in [3.63, 3.8) is 0 Å². The van der Waals surface area contributed by atoms with Gasteiger partial charge in [-0.15, -0.1) is 0 Å². The van der Waals surface area contributed by atoms with Crippen LogP contribution < -0.4 is 5.32 Å². The molecule has 0 aliphatic rings. The summed E-state index contributed by atoms with van der Waals surface area (Å²) in [7, 11) is 0. The number of nitrogens with zero attached hydrogens (tertiary/aromatic N) is 1. The molecule has 0 aliphatic carbocycles. The summed E-state index contributed by atoms with van der Waals surface area (Å²) in [4.78, 5) is 7.26. The molecule has 0 fully saturated rings. The van der Waals surface area contributed by atoms with E-state index in [9.17, 15) is 4.39 Å². The Bertz CT molecular complexity index is 482. The van der Waals surface area contributed by atoms with Gasteiger partial charge in [-0.25, -0.2) is 9.37 Å². The van der Waals surface area contributed by atoms with E-state index in [1.54, 1.807) is 12.3 Å². The van der Waals surface area contributed by atoms with Crippen LogP contribution in [0.15, 0.2) is 36.7 Å². The predicted octanol–water partition coefficient (Wildman–Crippen LogP) is 2.70. The SMILES string of the molecule is CC(Cc1ccccc1F)NCCCc1ncc[nH]1. The highest BCUT2D eigenvalue weighted by Crippen LogP contribution is 2.09. The van der Waals surface area contributed by atoms with Gasteiger partial charge in [0.15, 0.2) is 0 Å². The van der Waals surface area contributed by atoms with Crippen molar-refractivity contribution >= 4 is 0 Å². The molecule has 0 bridgehead atoms. The first kappa shape index (κ1) is 13.7. The summed E-state index contributed by atoms with van der Waals surface area (Å²) >= 11 is 0. The maximum Gasteiger partial charge on any atom is 0.126 e. The molecule has 2 aromatic rings. The second-order valence-corrected chi connectivity index (χ2v) is 4.79. The molecule has 1 unspecified atom stereocenters. The molecule has 1 aromatic heterocycles. The lowest BCUT2D eigenvalue weighted by Crippen LogP contribution is -2.29. The van der Waals surface area contributed by atoms with Gasteiger partial charge in [0.2, 0.25) is 0 Å². The Hall–Kier alpha value is -1.68. The van der Waals surface area contributed by atoms with Gasteiger partial charge in [0.25, 0.3) is 0 Å². The zero-order chi connectivity index (χ0) is 13.5. The number of benzene rings is 1. The van der Waals surface area contributed by atoms with Crippen molar-refractivity contribution in [3.8, 4) is 0 Å². The molecule has 19 heavy (non-hydrogen) atoms. The summed E-state index contributed by atoms with van der Waals surface area (Å²) in [6, 6.07) is 7.23. The topological polar surface area (TPSA) is 40.7 Å². The van der Waals surface area contributed by atoms with Crippen LogP contribution in [0.25, 0.3) is 0 Å².